The molecular weight excluding hydrogens is 248 g/mol. The van der Waals surface area contributed by atoms with Gasteiger partial charge in [0.1, 0.15) is 0 Å². The quantitative estimate of drug-likeness (QED) is 0.846. The van der Waals surface area contributed by atoms with Gasteiger partial charge in [0.15, 0.2) is 9.84 Å². The van der Waals surface area contributed by atoms with Gasteiger partial charge in [-0.3, -0.25) is 0 Å². The lowest BCUT2D eigenvalue weighted by molar-refractivity contribution is 0.389. The van der Waals surface area contributed by atoms with Crippen LogP contribution in [0, 0.1) is 0 Å². The summed E-state index contributed by atoms with van der Waals surface area (Å²) in [6.45, 7) is 3.96. The summed E-state index contributed by atoms with van der Waals surface area (Å²) in [5.41, 5.74) is 1.10. The molecular formula is C13H22N2O2S. The standard InChI is InChI=1S/C13H22N2O2S/c1-11(14-9-10-15(2)3)12-5-7-13(8-6-12)18(4,16)17/h5-8,11,14H,9-10H2,1-4H3. The Hall–Kier alpha value is -0.910. The lowest BCUT2D eigenvalue weighted by atomic mass is 10.1. The number of benzene rings is 1. The van der Waals surface area contributed by atoms with Crippen LogP contribution in [0.5, 0.6) is 0 Å². The summed E-state index contributed by atoms with van der Waals surface area (Å²) in [4.78, 5) is 2.48. The van der Waals surface area contributed by atoms with E-state index >= 15 is 0 Å². The maximum atomic E-state index is 11.3. The first kappa shape index (κ1) is 15.1. The van der Waals surface area contributed by atoms with Gasteiger partial charge in [-0.05, 0) is 38.7 Å². The van der Waals surface area contributed by atoms with E-state index in [1.165, 1.54) is 6.26 Å². The van der Waals surface area contributed by atoms with Crippen molar-refractivity contribution in [3.05, 3.63) is 29.8 Å². The summed E-state index contributed by atoms with van der Waals surface area (Å²) in [6.07, 6.45) is 1.22. The molecule has 0 aromatic heterocycles. The van der Waals surface area contributed by atoms with E-state index in [1.807, 2.05) is 26.2 Å². The molecule has 0 amide bonds. The van der Waals surface area contributed by atoms with Crippen LogP contribution in [0.3, 0.4) is 0 Å². The van der Waals surface area contributed by atoms with Crippen LogP contribution in [0.15, 0.2) is 29.2 Å². The van der Waals surface area contributed by atoms with Crippen molar-refractivity contribution in [3.63, 3.8) is 0 Å². The Morgan fingerprint density at radius 2 is 1.78 bits per heavy atom. The Balaban J connectivity index is 2.62. The number of sulfone groups is 1. The maximum absolute atomic E-state index is 11.3. The van der Waals surface area contributed by atoms with Gasteiger partial charge >= 0.3 is 0 Å². The topological polar surface area (TPSA) is 49.4 Å². The van der Waals surface area contributed by atoms with Crippen molar-refractivity contribution in [1.29, 1.82) is 0 Å². The molecule has 0 spiro atoms. The summed E-state index contributed by atoms with van der Waals surface area (Å²) in [6, 6.07) is 7.27. The second kappa shape index (κ2) is 6.31. The van der Waals surface area contributed by atoms with Crippen LogP contribution in [-0.2, 0) is 9.84 Å². The number of hydrogen-bond acceptors (Lipinski definition) is 4. The average Bonchev–Trinajstić information content (AvgIpc) is 2.27. The zero-order valence-electron chi connectivity index (χ0n) is 11.5. The van der Waals surface area contributed by atoms with E-state index in [-0.39, 0.29) is 6.04 Å². The third-order valence-electron chi connectivity index (χ3n) is 2.82. The largest absolute Gasteiger partial charge is 0.309 e. The number of rotatable bonds is 6. The van der Waals surface area contributed by atoms with E-state index in [0.717, 1.165) is 18.7 Å². The van der Waals surface area contributed by atoms with Gasteiger partial charge in [0.2, 0.25) is 0 Å². The Labute approximate surface area is 110 Å². The molecule has 0 bridgehead atoms. The van der Waals surface area contributed by atoms with Crippen molar-refractivity contribution in [2.75, 3.05) is 33.4 Å². The van der Waals surface area contributed by atoms with Gasteiger partial charge in [0.25, 0.3) is 0 Å². The molecule has 1 unspecified atom stereocenters. The minimum Gasteiger partial charge on any atom is -0.309 e. The summed E-state index contributed by atoms with van der Waals surface area (Å²) in [5.74, 6) is 0. The molecule has 0 saturated heterocycles. The lowest BCUT2D eigenvalue weighted by Crippen LogP contribution is -2.28. The number of nitrogens with zero attached hydrogens (tertiary/aromatic N) is 1. The van der Waals surface area contributed by atoms with Crippen LogP contribution in [0.1, 0.15) is 18.5 Å². The SMILES string of the molecule is CC(NCCN(C)C)c1ccc(S(C)(=O)=O)cc1. The van der Waals surface area contributed by atoms with E-state index in [0.29, 0.717) is 4.90 Å². The van der Waals surface area contributed by atoms with Crippen molar-refractivity contribution in [2.45, 2.75) is 17.9 Å². The highest BCUT2D eigenvalue weighted by molar-refractivity contribution is 7.90. The third kappa shape index (κ3) is 4.76. The summed E-state index contributed by atoms with van der Waals surface area (Å²) in [7, 11) is 0.969. The fourth-order valence-electron chi connectivity index (χ4n) is 1.63. The van der Waals surface area contributed by atoms with Crippen LogP contribution in [0.25, 0.3) is 0 Å². The molecule has 0 heterocycles. The zero-order valence-corrected chi connectivity index (χ0v) is 12.3. The first-order valence-corrected chi connectivity index (χ1v) is 7.88. The highest BCUT2D eigenvalue weighted by Gasteiger charge is 2.09. The highest BCUT2D eigenvalue weighted by Crippen LogP contribution is 2.15. The van der Waals surface area contributed by atoms with Crippen LogP contribution < -0.4 is 5.32 Å². The van der Waals surface area contributed by atoms with E-state index in [2.05, 4.69) is 17.1 Å². The van der Waals surface area contributed by atoms with Crippen molar-refractivity contribution in [1.82, 2.24) is 10.2 Å². The molecule has 1 rings (SSSR count). The molecule has 0 aliphatic carbocycles. The predicted molar refractivity (Wildman–Crippen MR) is 74.5 cm³/mol. The minimum atomic E-state index is -3.10. The van der Waals surface area contributed by atoms with Gasteiger partial charge in [-0.15, -0.1) is 0 Å². The summed E-state index contributed by atoms with van der Waals surface area (Å²) < 4.78 is 22.7. The van der Waals surface area contributed by atoms with E-state index in [9.17, 15) is 8.42 Å². The molecule has 5 heteroatoms. The molecule has 18 heavy (non-hydrogen) atoms. The van der Waals surface area contributed by atoms with Crippen molar-refractivity contribution < 1.29 is 8.42 Å². The Morgan fingerprint density at radius 1 is 1.22 bits per heavy atom. The van der Waals surface area contributed by atoms with Crippen LogP contribution >= 0.6 is 0 Å². The lowest BCUT2D eigenvalue weighted by Gasteiger charge is -2.16. The van der Waals surface area contributed by atoms with Crippen LogP contribution in [0.4, 0.5) is 0 Å². The molecule has 0 radical (unpaired) electrons. The first-order chi connectivity index (χ1) is 8.30. The maximum Gasteiger partial charge on any atom is 0.175 e. The molecule has 1 aromatic rings. The van der Waals surface area contributed by atoms with Crippen LogP contribution in [0.2, 0.25) is 0 Å². The number of hydrogen-bond donors (Lipinski definition) is 1. The summed E-state index contributed by atoms with van der Waals surface area (Å²) >= 11 is 0. The van der Waals surface area contributed by atoms with Crippen molar-refractivity contribution >= 4 is 9.84 Å². The molecule has 0 saturated carbocycles. The monoisotopic (exact) mass is 270 g/mol. The van der Waals surface area contributed by atoms with E-state index < -0.39 is 9.84 Å². The number of nitrogens with one attached hydrogen (secondary N) is 1. The van der Waals surface area contributed by atoms with Gasteiger partial charge in [-0.25, -0.2) is 8.42 Å². The molecule has 0 fully saturated rings. The fourth-order valence-corrected chi connectivity index (χ4v) is 2.26. The van der Waals surface area contributed by atoms with Crippen molar-refractivity contribution in [2.24, 2.45) is 0 Å². The Morgan fingerprint density at radius 3 is 2.22 bits per heavy atom. The van der Waals surface area contributed by atoms with Gasteiger partial charge in [0.05, 0.1) is 4.90 Å². The van der Waals surface area contributed by atoms with Gasteiger partial charge in [-0.2, -0.15) is 0 Å². The van der Waals surface area contributed by atoms with Crippen molar-refractivity contribution in [3.8, 4) is 0 Å². The van der Waals surface area contributed by atoms with E-state index in [1.54, 1.807) is 12.1 Å². The fraction of sp³-hybridized carbons (Fsp3) is 0.538. The highest BCUT2D eigenvalue weighted by atomic mass is 32.2. The molecule has 4 nitrogen and oxygen atoms in total. The first-order valence-electron chi connectivity index (χ1n) is 5.99. The summed E-state index contributed by atoms with van der Waals surface area (Å²) in [5, 5.41) is 3.40. The predicted octanol–water partition coefficient (Wildman–Crippen LogP) is 1.30. The van der Waals surface area contributed by atoms with E-state index in [4.69, 9.17) is 0 Å². The van der Waals surface area contributed by atoms with Crippen LogP contribution in [-0.4, -0.2) is 46.8 Å². The average molecular weight is 270 g/mol. The second-order valence-electron chi connectivity index (χ2n) is 4.82. The molecule has 102 valence electrons. The normalized spacial score (nSPS) is 13.8. The molecule has 0 aliphatic rings. The Bertz CT molecular complexity index is 466. The minimum absolute atomic E-state index is 0.221. The smallest absolute Gasteiger partial charge is 0.175 e. The third-order valence-corrected chi connectivity index (χ3v) is 3.95. The number of likely N-dealkylation sites (N-methyl/N-ethyl adjacent to an activating group) is 1. The Kier molecular flexibility index (Phi) is 5.31. The van der Waals surface area contributed by atoms with Gasteiger partial charge in [-0.1, -0.05) is 12.1 Å². The molecule has 1 atom stereocenters. The second-order valence-corrected chi connectivity index (χ2v) is 6.84. The zero-order chi connectivity index (χ0) is 13.8. The molecule has 0 aliphatic heterocycles. The molecule has 1 N–H and O–H groups in total. The van der Waals surface area contributed by atoms with Gasteiger partial charge < -0.3 is 10.2 Å². The molecule has 1 aromatic carbocycles. The van der Waals surface area contributed by atoms with Gasteiger partial charge in [0, 0.05) is 25.4 Å².